The average molecular weight is 528 g/mol. The summed E-state index contributed by atoms with van der Waals surface area (Å²) >= 11 is 0. The smallest absolute Gasteiger partial charge is 0.339 e. The molecule has 6 rings (SSSR count). The maximum atomic E-state index is 12.1. The molecule has 4 aromatic rings. The summed E-state index contributed by atoms with van der Waals surface area (Å²) < 4.78 is 15.1. The number of carboxylic acids is 1. The van der Waals surface area contributed by atoms with E-state index in [1.165, 1.54) is 6.20 Å². The predicted octanol–water partition coefficient (Wildman–Crippen LogP) is 5.22. The largest absolute Gasteiger partial charge is 0.493 e. The lowest BCUT2D eigenvalue weighted by Crippen LogP contribution is -2.24. The molecule has 2 aromatic heterocycles. The molecule has 2 atom stereocenters. The SMILES string of the molecule is COC1CCC(COc2cccc(-c3cccc(-n4ncc(C(=O)O)c4[C@H]4C[C@@H]4c4cn(C)nn4)c3)c2)CC1. The summed E-state index contributed by atoms with van der Waals surface area (Å²) in [5, 5.41) is 22.7. The van der Waals surface area contributed by atoms with Crippen LogP contribution in [0.4, 0.5) is 0 Å². The van der Waals surface area contributed by atoms with Gasteiger partial charge in [0.2, 0.25) is 0 Å². The molecule has 1 N–H and O–H groups in total. The zero-order valence-electron chi connectivity index (χ0n) is 22.2. The van der Waals surface area contributed by atoms with Crippen molar-refractivity contribution < 1.29 is 19.4 Å². The summed E-state index contributed by atoms with van der Waals surface area (Å²) in [5.41, 5.74) is 4.68. The fourth-order valence-corrected chi connectivity index (χ4v) is 5.78. The molecule has 2 saturated carbocycles. The topological polar surface area (TPSA) is 104 Å². The van der Waals surface area contributed by atoms with Gasteiger partial charge in [-0.3, -0.25) is 4.68 Å². The van der Waals surface area contributed by atoms with Crippen molar-refractivity contribution in [3.05, 3.63) is 77.9 Å². The number of benzene rings is 2. The third-order valence-electron chi connectivity index (χ3n) is 8.05. The molecule has 0 unspecified atom stereocenters. The Balaban J connectivity index is 1.22. The van der Waals surface area contributed by atoms with Gasteiger partial charge in [-0.15, -0.1) is 5.10 Å². The van der Waals surface area contributed by atoms with Gasteiger partial charge in [0.1, 0.15) is 11.3 Å². The number of methoxy groups -OCH3 is 1. The van der Waals surface area contributed by atoms with E-state index in [9.17, 15) is 9.90 Å². The fourth-order valence-electron chi connectivity index (χ4n) is 5.78. The summed E-state index contributed by atoms with van der Waals surface area (Å²) in [4.78, 5) is 12.1. The van der Waals surface area contributed by atoms with Gasteiger partial charge < -0.3 is 14.6 Å². The molecule has 202 valence electrons. The standard InChI is InChI=1S/C30H33N5O4/c1-34-17-28(32-33-34)25-15-26(25)29-27(30(36)37)16-31-35(29)22-7-3-5-20(13-22)21-6-4-8-24(14-21)39-18-19-9-11-23(38-2)12-10-19/h3-8,13-14,16-17,19,23,25-26H,9-12,15,18H2,1-2H3,(H,36,37)/t19?,23?,25-,26-/m0/s1. The lowest BCUT2D eigenvalue weighted by Gasteiger charge is -2.27. The van der Waals surface area contributed by atoms with Crippen LogP contribution in [0.2, 0.25) is 0 Å². The van der Waals surface area contributed by atoms with Crippen LogP contribution in [0.15, 0.2) is 60.9 Å². The molecule has 0 radical (unpaired) electrons. The zero-order chi connectivity index (χ0) is 26.9. The summed E-state index contributed by atoms with van der Waals surface area (Å²) in [7, 11) is 3.63. The highest BCUT2D eigenvalue weighted by atomic mass is 16.5. The second kappa shape index (κ2) is 10.6. The summed E-state index contributed by atoms with van der Waals surface area (Å²) in [6.45, 7) is 0.711. The van der Waals surface area contributed by atoms with Gasteiger partial charge >= 0.3 is 5.97 Å². The first kappa shape index (κ1) is 25.3. The molecule has 9 nitrogen and oxygen atoms in total. The molecule has 2 aliphatic rings. The van der Waals surface area contributed by atoms with Gasteiger partial charge in [-0.2, -0.15) is 5.10 Å². The number of carbonyl (C=O) groups is 1. The van der Waals surface area contributed by atoms with E-state index >= 15 is 0 Å². The maximum absolute atomic E-state index is 12.1. The first-order valence-corrected chi connectivity index (χ1v) is 13.5. The minimum absolute atomic E-state index is 0.0228. The average Bonchev–Trinajstić information content (AvgIpc) is 3.41. The van der Waals surface area contributed by atoms with E-state index in [0.29, 0.717) is 24.3 Å². The fraction of sp³-hybridized carbons (Fsp3) is 0.400. The number of aryl methyl sites for hydroxylation is 1. The number of nitrogens with zero attached hydrogens (tertiary/aromatic N) is 5. The Labute approximate surface area is 227 Å². The van der Waals surface area contributed by atoms with Gasteiger partial charge in [-0.05, 0) is 73.4 Å². The minimum Gasteiger partial charge on any atom is -0.493 e. The molecule has 39 heavy (non-hydrogen) atoms. The second-order valence-electron chi connectivity index (χ2n) is 10.7. The highest BCUT2D eigenvalue weighted by Crippen LogP contribution is 2.55. The minimum atomic E-state index is -0.974. The van der Waals surface area contributed by atoms with Gasteiger partial charge in [0.25, 0.3) is 0 Å². The Kier molecular flexibility index (Phi) is 6.91. The molecule has 2 fully saturated rings. The van der Waals surface area contributed by atoms with Crippen molar-refractivity contribution in [2.45, 2.75) is 50.0 Å². The normalized spacial score (nSPS) is 22.5. The van der Waals surface area contributed by atoms with E-state index in [0.717, 1.165) is 60.4 Å². The molecule has 0 aliphatic heterocycles. The van der Waals surface area contributed by atoms with Crippen LogP contribution in [-0.4, -0.2) is 55.7 Å². The lowest BCUT2D eigenvalue weighted by atomic mass is 9.88. The van der Waals surface area contributed by atoms with Crippen LogP contribution in [0, 0.1) is 5.92 Å². The van der Waals surface area contributed by atoms with E-state index in [1.807, 2.05) is 43.6 Å². The highest BCUT2D eigenvalue weighted by molar-refractivity contribution is 5.89. The zero-order valence-corrected chi connectivity index (χ0v) is 22.2. The molecule has 0 amide bonds. The third kappa shape index (κ3) is 5.31. The molecular formula is C30H33N5O4. The quantitative estimate of drug-likeness (QED) is 0.318. The summed E-state index contributed by atoms with van der Waals surface area (Å²) in [6.07, 6.45) is 8.99. The number of hydrogen-bond acceptors (Lipinski definition) is 6. The number of hydrogen-bond donors (Lipinski definition) is 1. The summed E-state index contributed by atoms with van der Waals surface area (Å²) in [6, 6.07) is 16.2. The van der Waals surface area contributed by atoms with Crippen LogP contribution >= 0.6 is 0 Å². The van der Waals surface area contributed by atoms with E-state index in [4.69, 9.17) is 9.47 Å². The Morgan fingerprint density at radius 2 is 1.82 bits per heavy atom. The van der Waals surface area contributed by atoms with Crippen molar-refractivity contribution in [2.24, 2.45) is 13.0 Å². The molecule has 0 bridgehead atoms. The van der Waals surface area contributed by atoms with Crippen LogP contribution in [0.1, 0.15) is 65.7 Å². The van der Waals surface area contributed by atoms with E-state index in [-0.39, 0.29) is 17.4 Å². The molecular weight excluding hydrogens is 494 g/mol. The first-order chi connectivity index (χ1) is 19.0. The molecule has 0 saturated heterocycles. The Morgan fingerprint density at radius 3 is 2.54 bits per heavy atom. The first-order valence-electron chi connectivity index (χ1n) is 13.5. The van der Waals surface area contributed by atoms with Gasteiger partial charge in [0, 0.05) is 32.2 Å². The number of ether oxygens (including phenoxy) is 2. The van der Waals surface area contributed by atoms with Crippen LogP contribution in [-0.2, 0) is 11.8 Å². The Bertz CT molecular complexity index is 1470. The monoisotopic (exact) mass is 527 g/mol. The predicted molar refractivity (Wildman–Crippen MR) is 145 cm³/mol. The van der Waals surface area contributed by atoms with Gasteiger partial charge in [0.05, 0.1) is 36.0 Å². The summed E-state index contributed by atoms with van der Waals surface area (Å²) in [5.74, 6) is 0.587. The maximum Gasteiger partial charge on any atom is 0.339 e. The van der Waals surface area contributed by atoms with Crippen LogP contribution in [0.3, 0.4) is 0 Å². The van der Waals surface area contributed by atoms with Crippen molar-refractivity contribution in [2.75, 3.05) is 13.7 Å². The molecule has 0 spiro atoms. The number of carboxylic acid groups (broad SMARTS) is 1. The van der Waals surface area contributed by atoms with E-state index in [2.05, 4.69) is 33.6 Å². The van der Waals surface area contributed by atoms with Gasteiger partial charge in [0.15, 0.2) is 0 Å². The molecule has 2 aromatic carbocycles. The van der Waals surface area contributed by atoms with Crippen LogP contribution < -0.4 is 4.74 Å². The van der Waals surface area contributed by atoms with Crippen molar-refractivity contribution in [1.29, 1.82) is 0 Å². The van der Waals surface area contributed by atoms with E-state index < -0.39 is 5.97 Å². The number of aromatic carboxylic acids is 1. The molecule has 2 heterocycles. The van der Waals surface area contributed by atoms with Crippen molar-refractivity contribution in [3.8, 4) is 22.6 Å². The lowest BCUT2D eigenvalue weighted by molar-refractivity contribution is 0.0482. The third-order valence-corrected chi connectivity index (χ3v) is 8.05. The van der Waals surface area contributed by atoms with Crippen LogP contribution in [0.25, 0.3) is 16.8 Å². The van der Waals surface area contributed by atoms with Crippen molar-refractivity contribution in [1.82, 2.24) is 24.8 Å². The van der Waals surface area contributed by atoms with E-state index in [1.54, 1.807) is 16.5 Å². The van der Waals surface area contributed by atoms with Crippen molar-refractivity contribution in [3.63, 3.8) is 0 Å². The highest BCUT2D eigenvalue weighted by Gasteiger charge is 2.46. The van der Waals surface area contributed by atoms with Gasteiger partial charge in [-0.25, -0.2) is 9.48 Å². The Hall–Kier alpha value is -3.98. The number of aromatic nitrogens is 5. The molecule has 2 aliphatic carbocycles. The number of rotatable bonds is 9. The van der Waals surface area contributed by atoms with Crippen LogP contribution in [0.5, 0.6) is 5.75 Å². The van der Waals surface area contributed by atoms with Crippen molar-refractivity contribution >= 4 is 5.97 Å². The van der Waals surface area contributed by atoms with Gasteiger partial charge in [-0.1, -0.05) is 29.5 Å². The Morgan fingerprint density at radius 1 is 1.05 bits per heavy atom. The molecule has 9 heteroatoms. The second-order valence-corrected chi connectivity index (χ2v) is 10.7.